The lowest BCUT2D eigenvalue weighted by Gasteiger charge is -2.34. The summed E-state index contributed by atoms with van der Waals surface area (Å²) in [5.41, 5.74) is 0.566. The van der Waals surface area contributed by atoms with Crippen LogP contribution >= 0.6 is 11.6 Å². The summed E-state index contributed by atoms with van der Waals surface area (Å²) in [6, 6.07) is 3.34. The van der Waals surface area contributed by atoms with Crippen LogP contribution in [0.1, 0.15) is 29.0 Å². The first-order valence-electron chi connectivity index (χ1n) is 9.41. The third-order valence-electron chi connectivity index (χ3n) is 5.29. The molecular formula is C18H23ClN6O2. The molecule has 0 atom stereocenters. The largest absolute Gasteiger partial charge is 0.345 e. The molecule has 27 heavy (non-hydrogen) atoms. The van der Waals surface area contributed by atoms with Gasteiger partial charge in [0.25, 0.3) is 5.91 Å². The molecule has 2 aromatic rings. The van der Waals surface area contributed by atoms with E-state index < -0.39 is 0 Å². The molecule has 0 radical (unpaired) electrons. The number of fused-ring (bicyclic) bond motifs is 1. The molecule has 0 spiro atoms. The number of aromatic nitrogens is 4. The Labute approximate surface area is 162 Å². The molecule has 1 amide bonds. The Morgan fingerprint density at radius 3 is 2.59 bits per heavy atom. The van der Waals surface area contributed by atoms with E-state index in [1.807, 2.05) is 4.90 Å². The summed E-state index contributed by atoms with van der Waals surface area (Å²) in [6.07, 6.45) is 4.57. The Morgan fingerprint density at radius 2 is 1.89 bits per heavy atom. The number of nitrogens with zero attached hydrogens (tertiary/aromatic N) is 6. The van der Waals surface area contributed by atoms with Crippen molar-refractivity contribution in [1.29, 1.82) is 0 Å². The van der Waals surface area contributed by atoms with Crippen molar-refractivity contribution in [2.45, 2.75) is 32.4 Å². The highest BCUT2D eigenvalue weighted by atomic mass is 35.5. The average Bonchev–Trinajstić information content (AvgIpc) is 3.03. The molecule has 9 heteroatoms. The molecule has 144 valence electrons. The summed E-state index contributed by atoms with van der Waals surface area (Å²) < 4.78 is 3.40. The Hall–Kier alpha value is -2.19. The van der Waals surface area contributed by atoms with Gasteiger partial charge in [-0.2, -0.15) is 5.10 Å². The number of rotatable bonds is 4. The van der Waals surface area contributed by atoms with Gasteiger partial charge in [-0.05, 0) is 25.0 Å². The molecule has 1 fully saturated rings. The molecule has 0 unspecified atom stereocenters. The van der Waals surface area contributed by atoms with E-state index in [0.717, 1.165) is 51.3 Å². The van der Waals surface area contributed by atoms with Crippen molar-refractivity contribution >= 4 is 17.5 Å². The zero-order chi connectivity index (χ0) is 18.8. The standard InChI is InChI=1S/C18H23ClN6O2/c19-15-5-4-14(13-20-15)17(26)23-10-7-22(8-11-23)9-12-25-18(27)24-6-2-1-3-16(24)21-25/h4-5,13H,1-3,6-12H2. The van der Waals surface area contributed by atoms with Crippen LogP contribution in [0.2, 0.25) is 5.15 Å². The number of hydrogen-bond acceptors (Lipinski definition) is 5. The quantitative estimate of drug-likeness (QED) is 0.724. The van der Waals surface area contributed by atoms with Gasteiger partial charge < -0.3 is 4.90 Å². The smallest absolute Gasteiger partial charge is 0.336 e. The second-order valence-electron chi connectivity index (χ2n) is 7.03. The monoisotopic (exact) mass is 390 g/mol. The molecule has 1 saturated heterocycles. The molecule has 2 aromatic heterocycles. The van der Waals surface area contributed by atoms with Crippen molar-refractivity contribution in [2.24, 2.45) is 0 Å². The van der Waals surface area contributed by atoms with E-state index in [1.54, 1.807) is 21.4 Å². The maximum Gasteiger partial charge on any atom is 0.345 e. The predicted molar refractivity (Wildman–Crippen MR) is 101 cm³/mol. The minimum Gasteiger partial charge on any atom is -0.336 e. The predicted octanol–water partition coefficient (Wildman–Crippen LogP) is 0.887. The van der Waals surface area contributed by atoms with Gasteiger partial charge in [0.05, 0.1) is 12.1 Å². The number of piperazine rings is 1. The number of pyridine rings is 1. The normalized spacial score (nSPS) is 17.7. The van der Waals surface area contributed by atoms with Crippen molar-refractivity contribution < 1.29 is 4.79 Å². The molecule has 4 heterocycles. The zero-order valence-electron chi connectivity index (χ0n) is 15.2. The van der Waals surface area contributed by atoms with Crippen LogP contribution in [-0.4, -0.2) is 67.8 Å². The van der Waals surface area contributed by atoms with Crippen LogP contribution in [0.15, 0.2) is 23.1 Å². The lowest BCUT2D eigenvalue weighted by atomic mass is 10.2. The summed E-state index contributed by atoms with van der Waals surface area (Å²) in [6.45, 7) is 5.04. The molecular weight excluding hydrogens is 368 g/mol. The highest BCUT2D eigenvalue weighted by Gasteiger charge is 2.23. The van der Waals surface area contributed by atoms with Gasteiger partial charge in [-0.25, -0.2) is 14.5 Å². The van der Waals surface area contributed by atoms with Crippen LogP contribution in [0.25, 0.3) is 0 Å². The SMILES string of the molecule is O=C(c1ccc(Cl)nc1)N1CCN(CCn2nc3n(c2=O)CCCC3)CC1. The van der Waals surface area contributed by atoms with E-state index in [9.17, 15) is 9.59 Å². The average molecular weight is 391 g/mol. The molecule has 0 aromatic carbocycles. The number of halogens is 1. The van der Waals surface area contributed by atoms with Crippen molar-refractivity contribution in [1.82, 2.24) is 29.1 Å². The number of carbonyl (C=O) groups is 1. The summed E-state index contributed by atoms with van der Waals surface area (Å²) in [7, 11) is 0. The van der Waals surface area contributed by atoms with E-state index in [-0.39, 0.29) is 11.6 Å². The third kappa shape index (κ3) is 3.91. The molecule has 4 rings (SSSR count). The molecule has 2 aliphatic heterocycles. The Bertz CT molecular complexity index is 867. The minimum atomic E-state index is -0.0168. The third-order valence-corrected chi connectivity index (χ3v) is 5.52. The van der Waals surface area contributed by atoms with Gasteiger partial charge in [0, 0.05) is 51.9 Å². The lowest BCUT2D eigenvalue weighted by molar-refractivity contribution is 0.0631. The minimum absolute atomic E-state index is 0.00810. The highest BCUT2D eigenvalue weighted by molar-refractivity contribution is 6.29. The fourth-order valence-corrected chi connectivity index (χ4v) is 3.80. The van der Waals surface area contributed by atoms with Gasteiger partial charge in [-0.15, -0.1) is 0 Å². The van der Waals surface area contributed by atoms with Crippen molar-refractivity contribution in [3.05, 3.63) is 45.4 Å². The first-order valence-corrected chi connectivity index (χ1v) is 9.79. The molecule has 0 aliphatic carbocycles. The van der Waals surface area contributed by atoms with Gasteiger partial charge in [0.2, 0.25) is 0 Å². The van der Waals surface area contributed by atoms with E-state index in [2.05, 4.69) is 15.0 Å². The van der Waals surface area contributed by atoms with Crippen LogP contribution in [0, 0.1) is 0 Å². The topological polar surface area (TPSA) is 76.3 Å². The van der Waals surface area contributed by atoms with Gasteiger partial charge in [0.15, 0.2) is 0 Å². The van der Waals surface area contributed by atoms with Crippen LogP contribution in [0.3, 0.4) is 0 Å². The molecule has 2 aliphatic rings. The first kappa shape index (κ1) is 18.2. The molecule has 0 bridgehead atoms. The molecule has 0 N–H and O–H groups in total. The Kier molecular flexibility index (Phi) is 5.27. The number of amides is 1. The van der Waals surface area contributed by atoms with Gasteiger partial charge >= 0.3 is 5.69 Å². The zero-order valence-corrected chi connectivity index (χ0v) is 15.9. The number of hydrogen-bond donors (Lipinski definition) is 0. The number of carbonyl (C=O) groups excluding carboxylic acids is 1. The Morgan fingerprint density at radius 1 is 1.07 bits per heavy atom. The van der Waals surface area contributed by atoms with Crippen molar-refractivity contribution in [3.8, 4) is 0 Å². The Balaban J connectivity index is 1.30. The van der Waals surface area contributed by atoms with Gasteiger partial charge in [-0.1, -0.05) is 11.6 Å². The summed E-state index contributed by atoms with van der Waals surface area (Å²) in [4.78, 5) is 33.0. The van der Waals surface area contributed by atoms with Crippen LogP contribution in [0.4, 0.5) is 0 Å². The van der Waals surface area contributed by atoms with Crippen LogP contribution < -0.4 is 5.69 Å². The second-order valence-corrected chi connectivity index (χ2v) is 7.42. The molecule has 0 saturated carbocycles. The number of aryl methyl sites for hydroxylation is 1. The summed E-state index contributed by atoms with van der Waals surface area (Å²) in [5, 5.41) is 4.86. The van der Waals surface area contributed by atoms with E-state index in [4.69, 9.17) is 11.6 Å². The fourth-order valence-electron chi connectivity index (χ4n) is 3.69. The summed E-state index contributed by atoms with van der Waals surface area (Å²) >= 11 is 5.78. The van der Waals surface area contributed by atoms with Crippen molar-refractivity contribution in [3.63, 3.8) is 0 Å². The van der Waals surface area contributed by atoms with Crippen LogP contribution in [0.5, 0.6) is 0 Å². The fraction of sp³-hybridized carbons (Fsp3) is 0.556. The van der Waals surface area contributed by atoms with Crippen LogP contribution in [-0.2, 0) is 19.5 Å². The summed E-state index contributed by atoms with van der Waals surface area (Å²) in [5.74, 6) is 0.898. The van der Waals surface area contributed by atoms with E-state index >= 15 is 0 Å². The van der Waals surface area contributed by atoms with Crippen molar-refractivity contribution in [2.75, 3.05) is 32.7 Å². The van der Waals surface area contributed by atoms with Gasteiger partial charge in [-0.3, -0.25) is 14.3 Å². The highest BCUT2D eigenvalue weighted by Crippen LogP contribution is 2.11. The first-order chi connectivity index (χ1) is 13.1. The maximum absolute atomic E-state index is 12.5. The van der Waals surface area contributed by atoms with Gasteiger partial charge in [0.1, 0.15) is 11.0 Å². The van der Waals surface area contributed by atoms with E-state index in [0.29, 0.717) is 30.4 Å². The molecule has 8 nitrogen and oxygen atoms in total. The van der Waals surface area contributed by atoms with E-state index in [1.165, 1.54) is 6.20 Å². The lowest BCUT2D eigenvalue weighted by Crippen LogP contribution is -2.49. The second kappa shape index (κ2) is 7.82. The maximum atomic E-state index is 12.5.